The molecule has 0 aliphatic carbocycles. The molecule has 0 saturated carbocycles. The van der Waals surface area contributed by atoms with Crippen LogP contribution in [0.2, 0.25) is 5.15 Å². The average Bonchev–Trinajstić information content (AvgIpc) is 3.24. The van der Waals surface area contributed by atoms with Crippen LogP contribution in [0.25, 0.3) is 0 Å². The van der Waals surface area contributed by atoms with Gasteiger partial charge in [0.15, 0.2) is 0 Å². The third-order valence-corrected chi connectivity index (χ3v) is 7.66. The van der Waals surface area contributed by atoms with Crippen molar-refractivity contribution in [3.63, 3.8) is 0 Å². The molecule has 2 aliphatic rings. The van der Waals surface area contributed by atoms with Crippen LogP contribution in [0, 0.1) is 13.8 Å². The Labute approximate surface area is 222 Å². The van der Waals surface area contributed by atoms with Crippen LogP contribution in [0.4, 0.5) is 17.7 Å². The first kappa shape index (κ1) is 25.4. The van der Waals surface area contributed by atoms with Gasteiger partial charge in [-0.15, -0.1) is 0 Å². The zero-order chi connectivity index (χ0) is 25.9. The maximum Gasteiger partial charge on any atom is 0.225 e. The summed E-state index contributed by atoms with van der Waals surface area (Å²) in [7, 11) is 1.70. The number of hydrogen-bond acceptors (Lipinski definition) is 10. The topological polar surface area (TPSA) is 109 Å². The number of halogens is 1. The molecule has 11 heteroatoms. The van der Waals surface area contributed by atoms with E-state index in [-0.39, 0.29) is 11.9 Å². The summed E-state index contributed by atoms with van der Waals surface area (Å²) in [6, 6.07) is 1.85. The third kappa shape index (κ3) is 5.40. The van der Waals surface area contributed by atoms with Gasteiger partial charge in [0.05, 0.1) is 19.3 Å². The Balaban J connectivity index is 1.23. The van der Waals surface area contributed by atoms with Crippen LogP contribution in [0.3, 0.4) is 0 Å². The van der Waals surface area contributed by atoms with Crippen LogP contribution in [-0.2, 0) is 6.54 Å². The second kappa shape index (κ2) is 11.0. The van der Waals surface area contributed by atoms with E-state index < -0.39 is 0 Å². The lowest BCUT2D eigenvalue weighted by atomic mass is 9.98. The Hall–Kier alpha value is -3.24. The van der Waals surface area contributed by atoms with E-state index >= 15 is 0 Å². The lowest BCUT2D eigenvalue weighted by molar-refractivity contribution is 0.249. The van der Waals surface area contributed by atoms with Crippen molar-refractivity contribution in [3.8, 4) is 5.75 Å². The molecule has 0 spiro atoms. The minimum Gasteiger partial charge on any atom is -0.496 e. The summed E-state index contributed by atoms with van der Waals surface area (Å²) >= 11 is 6.62. The highest BCUT2D eigenvalue weighted by Crippen LogP contribution is 2.42. The predicted molar refractivity (Wildman–Crippen MR) is 145 cm³/mol. The Morgan fingerprint density at radius 1 is 1.08 bits per heavy atom. The fraction of sp³-hybridized carbons (Fsp3) is 0.500. The molecule has 10 nitrogen and oxygen atoms in total. The molecule has 1 atom stereocenters. The molecule has 5 rings (SSSR count). The molecule has 0 amide bonds. The highest BCUT2D eigenvalue weighted by Gasteiger charge is 2.34. The van der Waals surface area contributed by atoms with E-state index in [1.165, 1.54) is 0 Å². The van der Waals surface area contributed by atoms with Crippen molar-refractivity contribution in [1.29, 1.82) is 0 Å². The number of nitrogens with zero attached hydrogens (tertiary/aromatic N) is 8. The molecule has 5 heterocycles. The molecule has 1 fully saturated rings. The Kier molecular flexibility index (Phi) is 7.57. The monoisotopic (exact) mass is 523 g/mol. The molecule has 37 heavy (non-hydrogen) atoms. The largest absolute Gasteiger partial charge is 0.496 e. The lowest BCUT2D eigenvalue weighted by Crippen LogP contribution is -2.47. The summed E-state index contributed by atoms with van der Waals surface area (Å²) in [5, 5.41) is 0.456. The van der Waals surface area contributed by atoms with E-state index in [1.54, 1.807) is 19.5 Å². The van der Waals surface area contributed by atoms with Gasteiger partial charge in [-0.2, -0.15) is 4.98 Å². The average molecular weight is 524 g/mol. The summed E-state index contributed by atoms with van der Waals surface area (Å²) in [5.41, 5.74) is 10.0. The molecule has 3 aromatic rings. The molecular weight excluding hydrogens is 490 g/mol. The lowest BCUT2D eigenvalue weighted by Gasteiger charge is -2.34. The molecule has 0 bridgehead atoms. The van der Waals surface area contributed by atoms with E-state index in [9.17, 15) is 0 Å². The minimum atomic E-state index is 0.195. The second-order valence-electron chi connectivity index (χ2n) is 9.75. The first-order chi connectivity index (χ1) is 17.9. The van der Waals surface area contributed by atoms with Gasteiger partial charge in [-0.05, 0) is 39.3 Å². The third-order valence-electron chi connectivity index (χ3n) is 7.37. The first-order valence-electron chi connectivity index (χ1n) is 12.8. The number of aryl methyl sites for hydroxylation is 1. The van der Waals surface area contributed by atoms with E-state index in [2.05, 4.69) is 34.6 Å². The normalized spacial score (nSPS) is 17.8. The summed E-state index contributed by atoms with van der Waals surface area (Å²) < 4.78 is 5.61. The SMILES string of the molecule is COc1c(C)cnc(CN2CC(CCCN3CCN(c4ncccn4)CC3)c3c(Cl)nc(N)nc32)c1C. The zero-order valence-electron chi connectivity index (χ0n) is 21.7. The molecule has 1 unspecified atom stereocenters. The first-order valence-corrected chi connectivity index (χ1v) is 13.1. The highest BCUT2D eigenvalue weighted by molar-refractivity contribution is 6.30. The molecular formula is C26H34ClN9O. The summed E-state index contributed by atoms with van der Waals surface area (Å²) in [4.78, 5) is 29.3. The van der Waals surface area contributed by atoms with Crippen molar-refractivity contribution in [2.24, 2.45) is 0 Å². The Morgan fingerprint density at radius 3 is 2.57 bits per heavy atom. The number of fused-ring (bicyclic) bond motifs is 1. The summed E-state index contributed by atoms with van der Waals surface area (Å²) in [6.07, 6.45) is 7.53. The molecule has 1 saturated heterocycles. The number of nitrogens with two attached hydrogens (primary N) is 1. The molecule has 2 N–H and O–H groups in total. The Bertz CT molecular complexity index is 1230. The van der Waals surface area contributed by atoms with Gasteiger partial charge in [-0.1, -0.05) is 11.6 Å². The molecule has 2 aliphatic heterocycles. The van der Waals surface area contributed by atoms with Crippen LogP contribution < -0.4 is 20.3 Å². The fourth-order valence-electron chi connectivity index (χ4n) is 5.46. The van der Waals surface area contributed by atoms with Gasteiger partial charge in [-0.3, -0.25) is 9.88 Å². The molecule has 0 aromatic carbocycles. The van der Waals surface area contributed by atoms with Gasteiger partial charge in [0.1, 0.15) is 16.7 Å². The molecule has 3 aromatic heterocycles. The van der Waals surface area contributed by atoms with Gasteiger partial charge in [-0.25, -0.2) is 15.0 Å². The quantitative estimate of drug-likeness (QED) is 0.442. The number of methoxy groups -OCH3 is 1. The van der Waals surface area contributed by atoms with Crippen molar-refractivity contribution in [2.75, 3.05) is 61.9 Å². The number of nitrogen functional groups attached to an aromatic ring is 1. The summed E-state index contributed by atoms with van der Waals surface area (Å²) in [6.45, 7) is 10.4. The molecule has 0 radical (unpaired) electrons. The van der Waals surface area contributed by atoms with E-state index in [0.29, 0.717) is 11.7 Å². The zero-order valence-corrected chi connectivity index (χ0v) is 22.4. The van der Waals surface area contributed by atoms with Crippen LogP contribution in [0.5, 0.6) is 5.75 Å². The standard InChI is InChI=1S/C26H34ClN9O/c1-17-14-31-20(18(2)22(17)37-3)16-36-15-19(21-23(27)32-25(28)33-24(21)36)6-4-9-34-10-12-35(13-11-34)26-29-7-5-8-30-26/h5,7-8,14,19H,4,6,9-13,15-16H2,1-3H3,(H2,28,32,33). The van der Waals surface area contributed by atoms with Gasteiger partial charge >= 0.3 is 0 Å². The smallest absolute Gasteiger partial charge is 0.225 e. The number of pyridine rings is 1. The maximum atomic E-state index is 6.62. The van der Waals surface area contributed by atoms with Gasteiger partial charge < -0.3 is 20.3 Å². The van der Waals surface area contributed by atoms with E-state index in [1.807, 2.05) is 26.1 Å². The van der Waals surface area contributed by atoms with Crippen LogP contribution >= 0.6 is 11.6 Å². The van der Waals surface area contributed by atoms with Crippen molar-refractivity contribution in [2.45, 2.75) is 39.2 Å². The van der Waals surface area contributed by atoms with E-state index in [4.69, 9.17) is 27.1 Å². The minimum absolute atomic E-state index is 0.195. The number of anilines is 3. The van der Waals surface area contributed by atoms with Crippen LogP contribution in [-0.4, -0.2) is 76.2 Å². The van der Waals surface area contributed by atoms with Crippen LogP contribution in [0.15, 0.2) is 24.7 Å². The molecule has 196 valence electrons. The highest BCUT2D eigenvalue weighted by atomic mass is 35.5. The summed E-state index contributed by atoms with van der Waals surface area (Å²) in [5.74, 6) is 2.95. The van der Waals surface area contributed by atoms with Crippen molar-refractivity contribution < 1.29 is 4.74 Å². The van der Waals surface area contributed by atoms with Crippen molar-refractivity contribution >= 4 is 29.3 Å². The van der Waals surface area contributed by atoms with Gasteiger partial charge in [0.25, 0.3) is 0 Å². The van der Waals surface area contributed by atoms with Gasteiger partial charge in [0, 0.05) is 73.9 Å². The number of rotatable bonds is 8. The van der Waals surface area contributed by atoms with E-state index in [0.717, 1.165) is 92.0 Å². The number of piperazine rings is 1. The fourth-order valence-corrected chi connectivity index (χ4v) is 5.78. The number of ether oxygens (including phenoxy) is 1. The van der Waals surface area contributed by atoms with Crippen molar-refractivity contribution in [1.82, 2.24) is 29.8 Å². The predicted octanol–water partition coefficient (Wildman–Crippen LogP) is 3.23. The Morgan fingerprint density at radius 2 is 1.84 bits per heavy atom. The van der Waals surface area contributed by atoms with Crippen molar-refractivity contribution in [3.05, 3.63) is 52.2 Å². The van der Waals surface area contributed by atoms with Crippen LogP contribution in [0.1, 0.15) is 41.1 Å². The second-order valence-corrected chi connectivity index (χ2v) is 10.1. The number of hydrogen-bond donors (Lipinski definition) is 1. The number of aromatic nitrogens is 5. The maximum absolute atomic E-state index is 6.62. The van der Waals surface area contributed by atoms with Gasteiger partial charge in [0.2, 0.25) is 11.9 Å².